The molecular weight excluding hydrogens is 426 g/mol. The van der Waals surface area contributed by atoms with Crippen LogP contribution in [0.3, 0.4) is 0 Å². The number of carbonyl (C=O) groups excluding carboxylic acids is 3. The van der Waals surface area contributed by atoms with Gasteiger partial charge < -0.3 is 16.0 Å². The van der Waals surface area contributed by atoms with E-state index in [-0.39, 0.29) is 23.6 Å². The molecule has 0 radical (unpaired) electrons. The molecule has 6 heteroatoms. The number of nitrogens with one attached hydrogen (secondary N) is 1. The van der Waals surface area contributed by atoms with Crippen molar-refractivity contribution in [2.24, 2.45) is 11.7 Å². The lowest BCUT2D eigenvalue weighted by atomic mass is 9.89. The molecule has 1 aliphatic rings. The van der Waals surface area contributed by atoms with E-state index in [1.807, 2.05) is 91.0 Å². The molecule has 0 aliphatic carbocycles. The minimum absolute atomic E-state index is 0.178. The van der Waals surface area contributed by atoms with Gasteiger partial charge in [0.2, 0.25) is 17.7 Å². The van der Waals surface area contributed by atoms with Crippen molar-refractivity contribution in [3.8, 4) is 0 Å². The topological polar surface area (TPSA) is 92.5 Å². The van der Waals surface area contributed by atoms with Crippen molar-refractivity contribution in [2.75, 3.05) is 13.1 Å². The van der Waals surface area contributed by atoms with Crippen molar-refractivity contribution >= 4 is 17.7 Å². The van der Waals surface area contributed by atoms with Gasteiger partial charge in [0, 0.05) is 19.0 Å². The zero-order valence-electron chi connectivity index (χ0n) is 19.0. The molecule has 0 unspecified atom stereocenters. The van der Waals surface area contributed by atoms with E-state index in [0.29, 0.717) is 25.9 Å². The molecule has 1 saturated heterocycles. The summed E-state index contributed by atoms with van der Waals surface area (Å²) in [6, 6.07) is 27.6. The lowest BCUT2D eigenvalue weighted by molar-refractivity contribution is -0.139. The number of nitrogens with zero attached hydrogens (tertiary/aromatic N) is 1. The SMILES string of the molecule is NC(=O)C1CCN(C(=O)[C@@H](NC(=O)C(c2ccccc2)c2ccccc2)c2ccccc2)CC1. The van der Waals surface area contributed by atoms with Gasteiger partial charge in [-0.3, -0.25) is 14.4 Å². The first kappa shape index (κ1) is 23.2. The summed E-state index contributed by atoms with van der Waals surface area (Å²) in [6.45, 7) is 0.874. The van der Waals surface area contributed by atoms with E-state index < -0.39 is 12.0 Å². The Balaban J connectivity index is 1.61. The molecule has 1 atom stereocenters. The summed E-state index contributed by atoms with van der Waals surface area (Å²) in [7, 11) is 0. The number of primary amides is 1. The molecule has 3 amide bonds. The van der Waals surface area contributed by atoms with Gasteiger partial charge in [0.1, 0.15) is 6.04 Å². The van der Waals surface area contributed by atoms with Crippen molar-refractivity contribution in [2.45, 2.75) is 24.8 Å². The maximum atomic E-state index is 13.7. The van der Waals surface area contributed by atoms with Gasteiger partial charge in [0.25, 0.3) is 0 Å². The quantitative estimate of drug-likeness (QED) is 0.572. The molecule has 34 heavy (non-hydrogen) atoms. The molecule has 3 aromatic carbocycles. The predicted octanol–water partition coefficient (Wildman–Crippen LogP) is 3.40. The highest BCUT2D eigenvalue weighted by molar-refractivity contribution is 5.93. The largest absolute Gasteiger partial charge is 0.369 e. The maximum Gasteiger partial charge on any atom is 0.249 e. The molecule has 0 saturated carbocycles. The van der Waals surface area contributed by atoms with Crippen LogP contribution in [0.1, 0.15) is 41.5 Å². The molecule has 3 aromatic rings. The molecule has 4 rings (SSSR count). The van der Waals surface area contributed by atoms with E-state index in [1.54, 1.807) is 4.90 Å². The normalized spacial score (nSPS) is 15.0. The summed E-state index contributed by atoms with van der Waals surface area (Å²) in [6.07, 6.45) is 1.07. The van der Waals surface area contributed by atoms with Crippen molar-refractivity contribution in [3.05, 3.63) is 108 Å². The summed E-state index contributed by atoms with van der Waals surface area (Å²) in [5, 5.41) is 3.04. The van der Waals surface area contributed by atoms with Crippen molar-refractivity contribution in [1.82, 2.24) is 10.2 Å². The number of hydrogen-bond donors (Lipinski definition) is 2. The Morgan fingerprint density at radius 3 is 1.62 bits per heavy atom. The third-order valence-electron chi connectivity index (χ3n) is 6.40. The van der Waals surface area contributed by atoms with Crippen molar-refractivity contribution in [1.29, 1.82) is 0 Å². The van der Waals surface area contributed by atoms with Gasteiger partial charge in [-0.25, -0.2) is 0 Å². The summed E-state index contributed by atoms with van der Waals surface area (Å²) in [5.74, 6) is -1.51. The fourth-order valence-electron chi connectivity index (χ4n) is 4.51. The minimum atomic E-state index is -0.825. The smallest absolute Gasteiger partial charge is 0.249 e. The summed E-state index contributed by atoms with van der Waals surface area (Å²) < 4.78 is 0. The molecule has 1 aliphatic heterocycles. The third-order valence-corrected chi connectivity index (χ3v) is 6.40. The summed E-state index contributed by atoms with van der Waals surface area (Å²) >= 11 is 0. The van der Waals surface area contributed by atoms with E-state index in [4.69, 9.17) is 5.73 Å². The molecule has 1 heterocycles. The first-order valence-electron chi connectivity index (χ1n) is 11.6. The Labute approximate surface area is 199 Å². The van der Waals surface area contributed by atoms with Gasteiger partial charge in [-0.2, -0.15) is 0 Å². The predicted molar refractivity (Wildman–Crippen MR) is 131 cm³/mol. The van der Waals surface area contributed by atoms with Crippen LogP contribution >= 0.6 is 0 Å². The Morgan fingerprint density at radius 2 is 1.18 bits per heavy atom. The van der Waals surface area contributed by atoms with Gasteiger partial charge in [-0.05, 0) is 29.5 Å². The second kappa shape index (κ2) is 10.8. The zero-order chi connectivity index (χ0) is 23.9. The van der Waals surface area contributed by atoms with Crippen LogP contribution in [-0.4, -0.2) is 35.7 Å². The van der Waals surface area contributed by atoms with Crippen LogP contribution in [-0.2, 0) is 14.4 Å². The van der Waals surface area contributed by atoms with E-state index in [9.17, 15) is 14.4 Å². The Bertz CT molecular complexity index is 1070. The molecule has 0 bridgehead atoms. The average Bonchev–Trinajstić information content (AvgIpc) is 2.89. The van der Waals surface area contributed by atoms with Crippen LogP contribution in [0, 0.1) is 5.92 Å². The first-order valence-corrected chi connectivity index (χ1v) is 11.6. The number of hydrogen-bond acceptors (Lipinski definition) is 3. The molecule has 3 N–H and O–H groups in total. The summed E-state index contributed by atoms with van der Waals surface area (Å²) in [5.41, 5.74) is 7.88. The van der Waals surface area contributed by atoms with Crippen LogP contribution in [0.2, 0.25) is 0 Å². The van der Waals surface area contributed by atoms with E-state index in [2.05, 4.69) is 5.32 Å². The number of rotatable bonds is 7. The second-order valence-electron chi connectivity index (χ2n) is 8.61. The number of carbonyl (C=O) groups is 3. The van der Waals surface area contributed by atoms with Gasteiger partial charge in [-0.15, -0.1) is 0 Å². The van der Waals surface area contributed by atoms with Gasteiger partial charge in [0.15, 0.2) is 0 Å². The van der Waals surface area contributed by atoms with E-state index in [1.165, 1.54) is 0 Å². The Kier molecular flexibility index (Phi) is 7.38. The molecule has 0 aromatic heterocycles. The number of nitrogens with two attached hydrogens (primary N) is 1. The van der Waals surface area contributed by atoms with Crippen LogP contribution in [0.4, 0.5) is 0 Å². The number of likely N-dealkylation sites (tertiary alicyclic amines) is 1. The Morgan fingerprint density at radius 1 is 0.735 bits per heavy atom. The lowest BCUT2D eigenvalue weighted by Crippen LogP contribution is -2.48. The van der Waals surface area contributed by atoms with Crippen molar-refractivity contribution in [3.63, 3.8) is 0 Å². The van der Waals surface area contributed by atoms with Gasteiger partial charge in [-0.1, -0.05) is 91.0 Å². The maximum absolute atomic E-state index is 13.7. The lowest BCUT2D eigenvalue weighted by Gasteiger charge is -2.34. The standard InChI is InChI=1S/C28H29N3O3/c29-26(32)23-16-18-31(19-17-23)28(34)25(22-14-8-3-9-15-22)30-27(33)24(20-10-4-1-5-11-20)21-12-6-2-7-13-21/h1-15,23-25H,16-19H2,(H2,29,32)(H,30,33)/t25-/m0/s1. The molecule has 174 valence electrons. The molecule has 6 nitrogen and oxygen atoms in total. The van der Waals surface area contributed by atoms with Crippen LogP contribution in [0.5, 0.6) is 0 Å². The average molecular weight is 456 g/mol. The number of piperidine rings is 1. The monoisotopic (exact) mass is 455 g/mol. The molecular formula is C28H29N3O3. The highest BCUT2D eigenvalue weighted by Gasteiger charge is 2.33. The summed E-state index contributed by atoms with van der Waals surface area (Å²) in [4.78, 5) is 40.6. The van der Waals surface area contributed by atoms with Crippen LogP contribution < -0.4 is 11.1 Å². The highest BCUT2D eigenvalue weighted by atomic mass is 16.2. The van der Waals surface area contributed by atoms with Crippen LogP contribution in [0.15, 0.2) is 91.0 Å². The van der Waals surface area contributed by atoms with Crippen molar-refractivity contribution < 1.29 is 14.4 Å². The first-order chi connectivity index (χ1) is 16.5. The number of amides is 3. The van der Waals surface area contributed by atoms with E-state index >= 15 is 0 Å². The minimum Gasteiger partial charge on any atom is -0.369 e. The van der Waals surface area contributed by atoms with E-state index in [0.717, 1.165) is 16.7 Å². The molecule has 1 fully saturated rings. The van der Waals surface area contributed by atoms with Gasteiger partial charge >= 0.3 is 0 Å². The van der Waals surface area contributed by atoms with Gasteiger partial charge in [0.05, 0.1) is 5.92 Å². The Hall–Kier alpha value is -3.93. The highest BCUT2D eigenvalue weighted by Crippen LogP contribution is 2.27. The fraction of sp³-hybridized carbons (Fsp3) is 0.250. The third kappa shape index (κ3) is 5.34. The fourth-order valence-corrected chi connectivity index (χ4v) is 4.51. The zero-order valence-corrected chi connectivity index (χ0v) is 19.0. The number of benzene rings is 3. The van der Waals surface area contributed by atoms with Crippen LogP contribution in [0.25, 0.3) is 0 Å². The second-order valence-corrected chi connectivity index (χ2v) is 8.61. The molecule has 0 spiro atoms.